The molecule has 16 heavy (non-hydrogen) atoms. The van der Waals surface area contributed by atoms with Gasteiger partial charge in [0, 0.05) is 17.8 Å². The molecule has 1 N–H and O–H groups in total. The molecule has 1 aromatic rings. The molecule has 0 radical (unpaired) electrons. The van der Waals surface area contributed by atoms with Crippen LogP contribution in [0.15, 0.2) is 10.6 Å². The lowest BCUT2D eigenvalue weighted by Crippen LogP contribution is -2.27. The Bertz CT molecular complexity index is 357. The maximum atomic E-state index is 11.4. The smallest absolute Gasteiger partial charge is 0.413 e. The van der Waals surface area contributed by atoms with Crippen molar-refractivity contribution >= 4 is 27.8 Å². The SMILES string of the molecule is CC(C)(C)OC(=O)Nc1cc(CCBr)on1. The molecule has 1 aromatic heterocycles. The van der Waals surface area contributed by atoms with Crippen molar-refractivity contribution in [2.75, 3.05) is 10.6 Å². The first-order chi connectivity index (χ1) is 7.40. The van der Waals surface area contributed by atoms with Crippen molar-refractivity contribution in [3.63, 3.8) is 0 Å². The Labute approximate surface area is 103 Å². The van der Waals surface area contributed by atoms with E-state index in [4.69, 9.17) is 9.26 Å². The van der Waals surface area contributed by atoms with Crippen LogP contribution in [-0.2, 0) is 11.2 Å². The fraction of sp³-hybridized carbons (Fsp3) is 0.600. The molecular formula is C10H15BrN2O3. The zero-order valence-electron chi connectivity index (χ0n) is 9.54. The van der Waals surface area contributed by atoms with Crippen LogP contribution in [0.4, 0.5) is 10.6 Å². The van der Waals surface area contributed by atoms with Crippen molar-refractivity contribution in [3.05, 3.63) is 11.8 Å². The molecule has 90 valence electrons. The summed E-state index contributed by atoms with van der Waals surface area (Å²) in [6.07, 6.45) is 0.189. The van der Waals surface area contributed by atoms with Crippen LogP contribution in [0.5, 0.6) is 0 Å². The van der Waals surface area contributed by atoms with E-state index in [1.54, 1.807) is 26.8 Å². The topological polar surface area (TPSA) is 64.4 Å². The number of aromatic nitrogens is 1. The summed E-state index contributed by atoms with van der Waals surface area (Å²) in [6, 6.07) is 1.67. The van der Waals surface area contributed by atoms with Crippen molar-refractivity contribution in [2.24, 2.45) is 0 Å². The second-order valence-corrected chi connectivity index (χ2v) is 5.04. The van der Waals surface area contributed by atoms with E-state index in [2.05, 4.69) is 26.4 Å². The summed E-state index contributed by atoms with van der Waals surface area (Å²) >= 11 is 3.29. The lowest BCUT2D eigenvalue weighted by molar-refractivity contribution is 0.0634. The van der Waals surface area contributed by atoms with Gasteiger partial charge in [-0.05, 0) is 20.8 Å². The van der Waals surface area contributed by atoms with Crippen LogP contribution in [0.25, 0.3) is 0 Å². The highest BCUT2D eigenvalue weighted by molar-refractivity contribution is 9.09. The molecule has 5 nitrogen and oxygen atoms in total. The van der Waals surface area contributed by atoms with Gasteiger partial charge in [-0.1, -0.05) is 21.1 Å². The molecule has 0 unspecified atom stereocenters. The number of alkyl halides is 1. The van der Waals surface area contributed by atoms with Crippen LogP contribution in [0.3, 0.4) is 0 Å². The van der Waals surface area contributed by atoms with Crippen LogP contribution in [-0.4, -0.2) is 22.2 Å². The number of rotatable bonds is 3. The quantitative estimate of drug-likeness (QED) is 0.870. The van der Waals surface area contributed by atoms with Crippen LogP contribution in [0, 0.1) is 0 Å². The van der Waals surface area contributed by atoms with Crippen LogP contribution in [0.1, 0.15) is 26.5 Å². The first-order valence-electron chi connectivity index (χ1n) is 4.92. The zero-order chi connectivity index (χ0) is 12.2. The number of hydrogen-bond donors (Lipinski definition) is 1. The van der Waals surface area contributed by atoms with E-state index in [1.165, 1.54) is 0 Å². The summed E-state index contributed by atoms with van der Waals surface area (Å²) < 4.78 is 10.1. The van der Waals surface area contributed by atoms with Crippen molar-refractivity contribution in [1.82, 2.24) is 5.16 Å². The van der Waals surface area contributed by atoms with Gasteiger partial charge in [0.1, 0.15) is 11.4 Å². The number of aryl methyl sites for hydroxylation is 1. The minimum Gasteiger partial charge on any atom is -0.444 e. The number of amides is 1. The van der Waals surface area contributed by atoms with Gasteiger partial charge in [-0.3, -0.25) is 5.32 Å². The molecule has 0 atom stereocenters. The van der Waals surface area contributed by atoms with Crippen molar-refractivity contribution < 1.29 is 14.1 Å². The van der Waals surface area contributed by atoms with Crippen LogP contribution in [0.2, 0.25) is 0 Å². The number of carbonyl (C=O) groups is 1. The largest absolute Gasteiger partial charge is 0.444 e. The molecule has 0 aliphatic carbocycles. The number of ether oxygens (including phenoxy) is 1. The number of anilines is 1. The van der Waals surface area contributed by atoms with E-state index in [1.807, 2.05) is 0 Å². The summed E-state index contributed by atoms with van der Waals surface area (Å²) in [6.45, 7) is 5.39. The Kier molecular flexibility index (Phi) is 4.35. The number of nitrogens with one attached hydrogen (secondary N) is 1. The van der Waals surface area contributed by atoms with Crippen molar-refractivity contribution in [3.8, 4) is 0 Å². The second-order valence-electron chi connectivity index (χ2n) is 4.24. The first-order valence-corrected chi connectivity index (χ1v) is 6.04. The van der Waals surface area contributed by atoms with Gasteiger partial charge >= 0.3 is 6.09 Å². The van der Waals surface area contributed by atoms with Crippen LogP contribution >= 0.6 is 15.9 Å². The zero-order valence-corrected chi connectivity index (χ0v) is 11.1. The van der Waals surface area contributed by atoms with Crippen molar-refractivity contribution in [2.45, 2.75) is 32.8 Å². The maximum Gasteiger partial charge on any atom is 0.413 e. The molecule has 0 aliphatic rings. The normalized spacial score (nSPS) is 11.2. The predicted molar refractivity (Wildman–Crippen MR) is 63.9 cm³/mol. The Morgan fingerprint density at radius 1 is 1.62 bits per heavy atom. The maximum absolute atomic E-state index is 11.4. The molecule has 0 bridgehead atoms. The van der Waals surface area contributed by atoms with Gasteiger partial charge in [-0.2, -0.15) is 0 Å². The van der Waals surface area contributed by atoms with Gasteiger partial charge in [0.15, 0.2) is 5.82 Å². The molecule has 0 fully saturated rings. The first kappa shape index (κ1) is 13.0. The molecule has 1 rings (SSSR count). The molecule has 0 aliphatic heterocycles. The van der Waals surface area contributed by atoms with Gasteiger partial charge < -0.3 is 9.26 Å². The van der Waals surface area contributed by atoms with E-state index in [0.717, 1.165) is 11.8 Å². The third kappa shape index (κ3) is 4.65. The molecule has 0 saturated carbocycles. The third-order valence-electron chi connectivity index (χ3n) is 1.53. The highest BCUT2D eigenvalue weighted by atomic mass is 79.9. The summed E-state index contributed by atoms with van der Waals surface area (Å²) in [5.74, 6) is 1.08. The summed E-state index contributed by atoms with van der Waals surface area (Å²) in [5.41, 5.74) is -0.521. The summed E-state index contributed by atoms with van der Waals surface area (Å²) in [5, 5.41) is 6.98. The fourth-order valence-corrected chi connectivity index (χ4v) is 1.38. The predicted octanol–water partition coefficient (Wildman–Crippen LogP) is 2.96. The minimum atomic E-state index is -0.536. The average molecular weight is 291 g/mol. The van der Waals surface area contributed by atoms with E-state index in [-0.39, 0.29) is 0 Å². The van der Waals surface area contributed by atoms with Gasteiger partial charge in [0.25, 0.3) is 0 Å². The average Bonchev–Trinajstić information content (AvgIpc) is 2.49. The number of nitrogens with zero attached hydrogens (tertiary/aromatic N) is 1. The Morgan fingerprint density at radius 2 is 2.31 bits per heavy atom. The van der Waals surface area contributed by atoms with E-state index < -0.39 is 11.7 Å². The van der Waals surface area contributed by atoms with Gasteiger partial charge in [-0.15, -0.1) is 0 Å². The lowest BCUT2D eigenvalue weighted by Gasteiger charge is -2.18. The van der Waals surface area contributed by atoms with Gasteiger partial charge in [-0.25, -0.2) is 4.79 Å². The number of carbonyl (C=O) groups excluding carboxylic acids is 1. The summed E-state index contributed by atoms with van der Waals surface area (Å²) in [7, 11) is 0. The van der Waals surface area contributed by atoms with Crippen LogP contribution < -0.4 is 5.32 Å². The third-order valence-corrected chi connectivity index (χ3v) is 1.93. The molecule has 6 heteroatoms. The van der Waals surface area contributed by atoms with E-state index >= 15 is 0 Å². The van der Waals surface area contributed by atoms with Gasteiger partial charge in [0.05, 0.1) is 0 Å². The molecule has 1 heterocycles. The second kappa shape index (κ2) is 5.34. The molecular weight excluding hydrogens is 276 g/mol. The molecule has 0 aromatic carbocycles. The van der Waals surface area contributed by atoms with Crippen molar-refractivity contribution in [1.29, 1.82) is 0 Å². The number of halogens is 1. The highest BCUT2D eigenvalue weighted by Gasteiger charge is 2.17. The Morgan fingerprint density at radius 3 is 2.88 bits per heavy atom. The minimum absolute atomic E-state index is 0.366. The molecule has 0 spiro atoms. The highest BCUT2D eigenvalue weighted by Crippen LogP contribution is 2.13. The monoisotopic (exact) mass is 290 g/mol. The summed E-state index contributed by atoms with van der Waals surface area (Å²) in [4.78, 5) is 11.4. The standard InChI is InChI=1S/C10H15BrN2O3/c1-10(2,3)15-9(14)12-8-6-7(4-5-11)16-13-8/h6H,4-5H2,1-3H3,(H,12,13,14). The Balaban J connectivity index is 2.50. The number of hydrogen-bond acceptors (Lipinski definition) is 4. The van der Waals surface area contributed by atoms with E-state index in [9.17, 15) is 4.79 Å². The fourth-order valence-electron chi connectivity index (χ4n) is 0.991. The molecule has 0 saturated heterocycles. The van der Waals surface area contributed by atoms with Gasteiger partial charge in [0.2, 0.25) is 0 Å². The lowest BCUT2D eigenvalue weighted by atomic mass is 10.2. The Hall–Kier alpha value is -1.04. The molecule has 1 amide bonds. The van der Waals surface area contributed by atoms with E-state index in [0.29, 0.717) is 11.6 Å².